The van der Waals surface area contributed by atoms with E-state index in [2.05, 4.69) is 22.2 Å². The molecule has 0 bridgehead atoms. The molecule has 138 valence electrons. The predicted octanol–water partition coefficient (Wildman–Crippen LogP) is 1.81. The second-order valence-corrected chi connectivity index (χ2v) is 8.55. The van der Waals surface area contributed by atoms with E-state index in [4.69, 9.17) is 15.5 Å². The number of aryl methyl sites for hydroxylation is 1. The summed E-state index contributed by atoms with van der Waals surface area (Å²) < 4.78 is 7.64. The number of fused-ring (bicyclic) bond motifs is 1. The molecule has 4 heterocycles. The minimum absolute atomic E-state index is 0.200. The van der Waals surface area contributed by atoms with Crippen molar-refractivity contribution < 1.29 is 9.53 Å². The smallest absolute Gasteiger partial charge is 0.277 e. The van der Waals surface area contributed by atoms with Crippen molar-refractivity contribution in [3.05, 3.63) is 28.6 Å². The lowest BCUT2D eigenvalue weighted by atomic mass is 9.80. The highest BCUT2D eigenvalue weighted by molar-refractivity contribution is 8.13. The number of aromatic nitrogens is 3. The summed E-state index contributed by atoms with van der Waals surface area (Å²) in [7, 11) is 1.82. The minimum atomic E-state index is -0.555. The summed E-state index contributed by atoms with van der Waals surface area (Å²) in [5, 5.41) is 6.02. The zero-order valence-electron chi connectivity index (χ0n) is 14.5. The Kier molecular flexibility index (Phi) is 4.49. The fourth-order valence-electron chi connectivity index (χ4n) is 3.32. The van der Waals surface area contributed by atoms with Gasteiger partial charge in [0.15, 0.2) is 5.17 Å². The quantitative estimate of drug-likeness (QED) is 0.825. The van der Waals surface area contributed by atoms with Gasteiger partial charge in [0.25, 0.3) is 5.91 Å². The first-order valence-electron chi connectivity index (χ1n) is 8.31. The third kappa shape index (κ3) is 3.12. The number of carbonyl (C=O) groups is 1. The molecular weight excluding hydrogens is 372 g/mol. The number of anilines is 1. The highest BCUT2D eigenvalue weighted by Crippen LogP contribution is 2.46. The summed E-state index contributed by atoms with van der Waals surface area (Å²) in [6.45, 7) is 2.54. The zero-order valence-corrected chi connectivity index (χ0v) is 16.1. The number of amides is 1. The molecule has 8 nitrogen and oxygen atoms in total. The Morgan fingerprint density at radius 3 is 3.15 bits per heavy atom. The molecule has 1 saturated heterocycles. The van der Waals surface area contributed by atoms with Crippen LogP contribution in [0.3, 0.4) is 0 Å². The van der Waals surface area contributed by atoms with E-state index in [0.717, 1.165) is 17.2 Å². The van der Waals surface area contributed by atoms with Crippen molar-refractivity contribution in [2.24, 2.45) is 23.7 Å². The molecule has 0 radical (unpaired) electrons. The number of ether oxygens (including phenoxy) is 1. The number of amidine groups is 1. The van der Waals surface area contributed by atoms with E-state index >= 15 is 0 Å². The van der Waals surface area contributed by atoms with Crippen LogP contribution < -0.4 is 11.1 Å². The number of nitrogens with zero attached hydrogens (tertiary/aromatic N) is 4. The molecule has 0 spiro atoms. The van der Waals surface area contributed by atoms with Crippen LogP contribution in [0.4, 0.5) is 5.82 Å². The van der Waals surface area contributed by atoms with Gasteiger partial charge in [0.1, 0.15) is 22.1 Å². The number of thioether (sulfide) groups is 1. The number of imidazole rings is 1. The average Bonchev–Trinajstić information content (AvgIpc) is 3.24. The van der Waals surface area contributed by atoms with E-state index in [1.54, 1.807) is 28.9 Å². The highest BCUT2D eigenvalue weighted by Gasteiger charge is 2.49. The molecule has 3 N–H and O–H groups in total. The van der Waals surface area contributed by atoms with E-state index in [0.29, 0.717) is 29.2 Å². The molecule has 1 fully saturated rings. The first-order chi connectivity index (χ1) is 12.5. The van der Waals surface area contributed by atoms with Gasteiger partial charge < -0.3 is 20.4 Å². The third-order valence-electron chi connectivity index (χ3n) is 4.68. The lowest BCUT2D eigenvalue weighted by molar-refractivity contribution is -0.0466. The topological polar surface area (TPSA) is 107 Å². The van der Waals surface area contributed by atoms with Gasteiger partial charge in [0.2, 0.25) is 0 Å². The number of thiazole rings is 1. The van der Waals surface area contributed by atoms with Gasteiger partial charge in [-0.25, -0.2) is 15.0 Å². The highest BCUT2D eigenvalue weighted by atomic mass is 32.2. The van der Waals surface area contributed by atoms with Crippen molar-refractivity contribution in [1.29, 1.82) is 0 Å². The number of carbonyl (C=O) groups excluding carboxylic acids is 1. The van der Waals surface area contributed by atoms with E-state index in [1.165, 1.54) is 11.3 Å². The van der Waals surface area contributed by atoms with Crippen LogP contribution in [0.5, 0.6) is 0 Å². The summed E-state index contributed by atoms with van der Waals surface area (Å²) in [5.41, 5.74) is 5.81. The van der Waals surface area contributed by atoms with Crippen molar-refractivity contribution in [3.63, 3.8) is 0 Å². The molecular formula is C16H20N6O2S2. The van der Waals surface area contributed by atoms with Crippen LogP contribution in [0.1, 0.15) is 28.8 Å². The van der Waals surface area contributed by atoms with Crippen LogP contribution in [0.15, 0.2) is 22.9 Å². The predicted molar refractivity (Wildman–Crippen MR) is 103 cm³/mol. The van der Waals surface area contributed by atoms with Gasteiger partial charge in [-0.05, 0) is 13.3 Å². The second-order valence-electron chi connectivity index (χ2n) is 6.66. The van der Waals surface area contributed by atoms with Crippen LogP contribution in [0.2, 0.25) is 0 Å². The zero-order chi connectivity index (χ0) is 18.3. The molecule has 1 amide bonds. The first-order valence-corrected chi connectivity index (χ1v) is 10.2. The number of rotatable bonds is 3. The Labute approximate surface area is 159 Å². The lowest BCUT2D eigenvalue weighted by Gasteiger charge is -2.44. The Morgan fingerprint density at radius 2 is 2.38 bits per heavy atom. The molecule has 2 aliphatic heterocycles. The Morgan fingerprint density at radius 1 is 1.54 bits per heavy atom. The maximum Gasteiger partial charge on any atom is 0.277 e. The van der Waals surface area contributed by atoms with Crippen molar-refractivity contribution in [2.45, 2.75) is 25.0 Å². The SMILES string of the molecule is CC1CC2CSC(N)=NC2(c2nc(NC(=O)c3cn(C)cn3)cs2)CO1. The first kappa shape index (κ1) is 17.5. The molecule has 26 heavy (non-hydrogen) atoms. The Bertz CT molecular complexity index is 863. The molecule has 4 rings (SSSR count). The van der Waals surface area contributed by atoms with E-state index in [9.17, 15) is 4.79 Å². The van der Waals surface area contributed by atoms with Gasteiger partial charge in [-0.2, -0.15) is 0 Å². The summed E-state index contributed by atoms with van der Waals surface area (Å²) in [6, 6.07) is 0. The number of aliphatic imine (C=N–C) groups is 1. The van der Waals surface area contributed by atoms with E-state index in [1.807, 2.05) is 12.4 Å². The molecule has 3 atom stereocenters. The molecule has 0 aliphatic carbocycles. The van der Waals surface area contributed by atoms with Crippen LogP contribution in [0, 0.1) is 5.92 Å². The largest absolute Gasteiger partial charge is 0.379 e. The monoisotopic (exact) mass is 392 g/mol. The average molecular weight is 393 g/mol. The van der Waals surface area contributed by atoms with Crippen LogP contribution in [0.25, 0.3) is 0 Å². The summed E-state index contributed by atoms with van der Waals surface area (Å²) in [4.78, 5) is 25.7. The molecule has 2 aliphatic rings. The molecule has 0 saturated carbocycles. The summed E-state index contributed by atoms with van der Waals surface area (Å²) in [5.74, 6) is 1.43. The lowest BCUT2D eigenvalue weighted by Crippen LogP contribution is -2.49. The van der Waals surface area contributed by atoms with Gasteiger partial charge in [0, 0.05) is 30.3 Å². The summed E-state index contributed by atoms with van der Waals surface area (Å²) >= 11 is 3.06. The number of hydrogen-bond acceptors (Lipinski definition) is 8. The fourth-order valence-corrected chi connectivity index (χ4v) is 5.29. The van der Waals surface area contributed by atoms with Crippen molar-refractivity contribution in [3.8, 4) is 0 Å². The van der Waals surface area contributed by atoms with Gasteiger partial charge in [-0.15, -0.1) is 11.3 Å². The molecule has 0 aromatic carbocycles. The van der Waals surface area contributed by atoms with Crippen molar-refractivity contribution in [2.75, 3.05) is 17.7 Å². The van der Waals surface area contributed by atoms with E-state index in [-0.39, 0.29) is 12.0 Å². The standard InChI is InChI=1S/C16H20N6O2S2/c1-9-3-10-5-26-15(17)21-16(10,7-24-9)14-20-12(6-25-14)19-13(23)11-4-22(2)8-18-11/h4,6,8-10H,3,5,7H2,1-2H3,(H2,17,21)(H,19,23). The maximum absolute atomic E-state index is 12.3. The Balaban J connectivity index is 1.59. The minimum Gasteiger partial charge on any atom is -0.379 e. The van der Waals surface area contributed by atoms with Crippen LogP contribution >= 0.6 is 23.1 Å². The summed E-state index contributed by atoms with van der Waals surface area (Å²) in [6.07, 6.45) is 4.37. The van der Waals surface area contributed by atoms with Crippen molar-refractivity contribution in [1.82, 2.24) is 14.5 Å². The maximum atomic E-state index is 12.3. The normalized spacial score (nSPS) is 28.3. The fraction of sp³-hybridized carbons (Fsp3) is 0.500. The van der Waals surface area contributed by atoms with Crippen LogP contribution in [-0.4, -0.2) is 44.1 Å². The van der Waals surface area contributed by atoms with Gasteiger partial charge in [-0.3, -0.25) is 4.79 Å². The number of nitrogens with two attached hydrogens (primary N) is 1. The molecule has 3 unspecified atom stereocenters. The molecule has 10 heteroatoms. The van der Waals surface area contributed by atoms with Crippen molar-refractivity contribution >= 4 is 40.0 Å². The van der Waals surface area contributed by atoms with Gasteiger partial charge in [-0.1, -0.05) is 11.8 Å². The van der Waals surface area contributed by atoms with Gasteiger partial charge >= 0.3 is 0 Å². The molecule has 2 aromatic heterocycles. The molecule has 2 aromatic rings. The Hall–Kier alpha value is -1.91. The van der Waals surface area contributed by atoms with E-state index < -0.39 is 5.54 Å². The third-order valence-corrected chi connectivity index (χ3v) is 6.64. The van der Waals surface area contributed by atoms with Gasteiger partial charge in [0.05, 0.1) is 19.0 Å². The number of nitrogens with one attached hydrogen (secondary N) is 1. The second kappa shape index (κ2) is 6.67. The number of hydrogen-bond donors (Lipinski definition) is 2. The van der Waals surface area contributed by atoms with Crippen LogP contribution in [-0.2, 0) is 17.3 Å².